The average Bonchev–Trinajstić information content (AvgIpc) is 3.57. The summed E-state index contributed by atoms with van der Waals surface area (Å²) in [4.78, 5) is 14.9. The van der Waals surface area contributed by atoms with Crippen molar-refractivity contribution < 1.29 is 13.9 Å². The standard InChI is InChI=1S/C31H31FN4O2/c1-22-19-26(20-33-34-31(37)24-9-11-27(12-10-24)35-17-5-6-18-35)23(2)36(22)28-13-15-29(16-14-28)38-21-25-7-3-4-8-30(25)32/h3-4,7-16,19-20H,5-6,17-18,21H2,1-2H3,(H,34,37)/b33-20-. The minimum atomic E-state index is -0.275. The first-order valence-electron chi connectivity index (χ1n) is 12.8. The predicted molar refractivity (Wildman–Crippen MR) is 149 cm³/mol. The average molecular weight is 511 g/mol. The number of nitrogens with zero attached hydrogens (tertiary/aromatic N) is 3. The number of carbonyl (C=O) groups excluding carboxylic acids is 1. The number of nitrogens with one attached hydrogen (secondary N) is 1. The maximum Gasteiger partial charge on any atom is 0.271 e. The molecular formula is C31H31FN4O2. The number of ether oxygens (including phenoxy) is 1. The van der Waals surface area contributed by atoms with Crippen molar-refractivity contribution in [2.75, 3.05) is 18.0 Å². The molecule has 1 fully saturated rings. The van der Waals surface area contributed by atoms with Crippen LogP contribution in [0, 0.1) is 19.7 Å². The lowest BCUT2D eigenvalue weighted by Gasteiger charge is -2.17. The van der Waals surface area contributed by atoms with Gasteiger partial charge in [-0.2, -0.15) is 5.10 Å². The molecule has 0 spiro atoms. The summed E-state index contributed by atoms with van der Waals surface area (Å²) in [6, 6.07) is 24.0. The van der Waals surface area contributed by atoms with Gasteiger partial charge in [-0.1, -0.05) is 18.2 Å². The highest BCUT2D eigenvalue weighted by atomic mass is 19.1. The minimum Gasteiger partial charge on any atom is -0.489 e. The maximum absolute atomic E-state index is 13.8. The molecule has 0 radical (unpaired) electrons. The molecule has 6 nitrogen and oxygen atoms in total. The molecule has 1 amide bonds. The van der Waals surface area contributed by atoms with Crippen LogP contribution in [0.2, 0.25) is 0 Å². The highest BCUT2D eigenvalue weighted by Gasteiger charge is 2.13. The molecule has 38 heavy (non-hydrogen) atoms. The maximum atomic E-state index is 13.8. The van der Waals surface area contributed by atoms with Crippen LogP contribution in [0.1, 0.15) is 45.7 Å². The fourth-order valence-electron chi connectivity index (χ4n) is 4.81. The molecule has 2 heterocycles. The molecule has 0 atom stereocenters. The Morgan fingerprint density at radius 1 is 0.974 bits per heavy atom. The molecule has 1 aliphatic rings. The first kappa shape index (κ1) is 25.3. The van der Waals surface area contributed by atoms with Crippen molar-refractivity contribution in [3.8, 4) is 11.4 Å². The molecular weight excluding hydrogens is 479 g/mol. The monoisotopic (exact) mass is 510 g/mol. The number of benzene rings is 3. The topological polar surface area (TPSA) is 58.9 Å². The molecule has 0 bridgehead atoms. The lowest BCUT2D eigenvalue weighted by molar-refractivity contribution is 0.0955. The van der Waals surface area contributed by atoms with Crippen molar-refractivity contribution in [1.29, 1.82) is 0 Å². The highest BCUT2D eigenvalue weighted by Crippen LogP contribution is 2.23. The van der Waals surface area contributed by atoms with Crippen molar-refractivity contribution >= 4 is 17.8 Å². The van der Waals surface area contributed by atoms with Gasteiger partial charge in [-0.05, 0) is 87.4 Å². The summed E-state index contributed by atoms with van der Waals surface area (Å²) in [5.41, 5.74) is 8.79. The quantitative estimate of drug-likeness (QED) is 0.228. The number of amides is 1. The van der Waals surface area contributed by atoms with Crippen LogP contribution in [-0.4, -0.2) is 29.8 Å². The molecule has 0 saturated carbocycles. The van der Waals surface area contributed by atoms with Crippen molar-refractivity contribution in [1.82, 2.24) is 9.99 Å². The van der Waals surface area contributed by atoms with Crippen LogP contribution in [0.4, 0.5) is 10.1 Å². The van der Waals surface area contributed by atoms with Gasteiger partial charge < -0.3 is 14.2 Å². The van der Waals surface area contributed by atoms with Crippen LogP contribution in [0.5, 0.6) is 5.75 Å². The Morgan fingerprint density at radius 2 is 1.66 bits per heavy atom. The number of halogens is 1. The van der Waals surface area contributed by atoms with E-state index in [4.69, 9.17) is 4.74 Å². The number of aryl methyl sites for hydroxylation is 1. The second kappa shape index (κ2) is 11.3. The first-order chi connectivity index (χ1) is 18.5. The smallest absolute Gasteiger partial charge is 0.271 e. The zero-order chi connectivity index (χ0) is 26.5. The van der Waals surface area contributed by atoms with E-state index >= 15 is 0 Å². The number of aromatic nitrogens is 1. The van der Waals surface area contributed by atoms with Gasteiger partial charge in [0.15, 0.2) is 0 Å². The van der Waals surface area contributed by atoms with Crippen molar-refractivity contribution in [3.05, 3.63) is 113 Å². The molecule has 1 saturated heterocycles. The van der Waals surface area contributed by atoms with Gasteiger partial charge in [-0.25, -0.2) is 9.82 Å². The van der Waals surface area contributed by atoms with E-state index in [0.717, 1.165) is 41.4 Å². The largest absolute Gasteiger partial charge is 0.489 e. The van der Waals surface area contributed by atoms with E-state index < -0.39 is 0 Å². The summed E-state index contributed by atoms with van der Waals surface area (Å²) in [5.74, 6) is 0.148. The number of carbonyl (C=O) groups is 1. The van der Waals surface area contributed by atoms with Gasteiger partial charge in [0.1, 0.15) is 18.2 Å². The number of hydrazone groups is 1. The Hall–Kier alpha value is -4.39. The number of anilines is 1. The predicted octanol–water partition coefficient (Wildman–Crippen LogP) is 6.18. The fourth-order valence-corrected chi connectivity index (χ4v) is 4.81. The Kier molecular flexibility index (Phi) is 7.54. The number of rotatable bonds is 8. The molecule has 1 aromatic heterocycles. The second-order valence-electron chi connectivity index (χ2n) is 9.48. The summed E-state index contributed by atoms with van der Waals surface area (Å²) >= 11 is 0. The normalized spacial score (nSPS) is 13.3. The van der Waals surface area contributed by atoms with Crippen molar-refractivity contribution in [3.63, 3.8) is 0 Å². The van der Waals surface area contributed by atoms with Gasteiger partial charge in [-0.15, -0.1) is 0 Å². The molecule has 1 aliphatic heterocycles. The third kappa shape index (κ3) is 5.62. The second-order valence-corrected chi connectivity index (χ2v) is 9.48. The van der Waals surface area contributed by atoms with E-state index in [1.807, 2.05) is 68.4 Å². The zero-order valence-corrected chi connectivity index (χ0v) is 21.7. The van der Waals surface area contributed by atoms with Gasteiger partial charge in [0.2, 0.25) is 0 Å². The van der Waals surface area contributed by atoms with Crippen molar-refractivity contribution in [2.45, 2.75) is 33.3 Å². The third-order valence-corrected chi connectivity index (χ3v) is 6.89. The summed E-state index contributed by atoms with van der Waals surface area (Å²) in [7, 11) is 0. The Balaban J connectivity index is 1.21. The van der Waals surface area contributed by atoms with E-state index in [0.29, 0.717) is 16.9 Å². The Morgan fingerprint density at radius 3 is 2.37 bits per heavy atom. The van der Waals surface area contributed by atoms with E-state index in [1.54, 1.807) is 24.4 Å². The van der Waals surface area contributed by atoms with Crippen LogP contribution >= 0.6 is 0 Å². The van der Waals surface area contributed by atoms with Gasteiger partial charge >= 0.3 is 0 Å². The highest BCUT2D eigenvalue weighted by molar-refractivity contribution is 5.95. The van der Waals surface area contributed by atoms with Gasteiger partial charge in [-0.3, -0.25) is 4.79 Å². The van der Waals surface area contributed by atoms with E-state index in [9.17, 15) is 9.18 Å². The van der Waals surface area contributed by atoms with Crippen LogP contribution in [0.15, 0.2) is 84.0 Å². The molecule has 5 rings (SSSR count). The number of hydrogen-bond acceptors (Lipinski definition) is 4. The lowest BCUT2D eigenvalue weighted by Crippen LogP contribution is -2.19. The summed E-state index contributed by atoms with van der Waals surface area (Å²) in [6.45, 7) is 6.34. The molecule has 0 aliphatic carbocycles. The SMILES string of the molecule is Cc1cc(/C=N\NC(=O)c2ccc(N3CCCC3)cc2)c(C)n1-c1ccc(OCc2ccccc2F)cc1. The van der Waals surface area contributed by atoms with E-state index in [2.05, 4.69) is 20.0 Å². The molecule has 3 aromatic carbocycles. The molecule has 1 N–H and O–H groups in total. The van der Waals surface area contributed by atoms with Gasteiger partial charge in [0, 0.05) is 52.5 Å². The van der Waals surface area contributed by atoms with Gasteiger partial charge in [0.05, 0.1) is 6.21 Å². The van der Waals surface area contributed by atoms with E-state index in [-0.39, 0.29) is 18.3 Å². The molecule has 7 heteroatoms. The summed E-state index contributed by atoms with van der Waals surface area (Å²) < 4.78 is 21.7. The Labute approximate surface area is 222 Å². The van der Waals surface area contributed by atoms with Crippen molar-refractivity contribution in [2.24, 2.45) is 5.10 Å². The molecule has 4 aromatic rings. The molecule has 194 valence electrons. The molecule has 0 unspecified atom stereocenters. The summed E-state index contributed by atoms with van der Waals surface area (Å²) in [6.07, 6.45) is 4.10. The van der Waals surface area contributed by atoms with Crippen LogP contribution in [0.25, 0.3) is 5.69 Å². The zero-order valence-electron chi connectivity index (χ0n) is 21.7. The van der Waals surface area contributed by atoms with Crippen LogP contribution < -0.4 is 15.1 Å². The number of hydrogen-bond donors (Lipinski definition) is 1. The van der Waals surface area contributed by atoms with E-state index in [1.165, 1.54) is 18.9 Å². The fraction of sp³-hybridized carbons (Fsp3) is 0.226. The third-order valence-electron chi connectivity index (χ3n) is 6.89. The minimum absolute atomic E-state index is 0.169. The van der Waals surface area contributed by atoms with Crippen LogP contribution in [0.3, 0.4) is 0 Å². The van der Waals surface area contributed by atoms with Crippen LogP contribution in [-0.2, 0) is 6.61 Å². The lowest BCUT2D eigenvalue weighted by atomic mass is 10.2. The first-order valence-corrected chi connectivity index (χ1v) is 12.8. The Bertz CT molecular complexity index is 1440. The summed E-state index contributed by atoms with van der Waals surface area (Å²) in [5, 5.41) is 4.20. The van der Waals surface area contributed by atoms with Gasteiger partial charge in [0.25, 0.3) is 5.91 Å².